The summed E-state index contributed by atoms with van der Waals surface area (Å²) in [6.07, 6.45) is -0.0364. The zero-order valence-electron chi connectivity index (χ0n) is 20.0. The number of nitro benzene ring substituents is 1. The van der Waals surface area contributed by atoms with Crippen LogP contribution in [0.5, 0.6) is 5.75 Å². The Morgan fingerprint density at radius 1 is 1.21 bits per heavy atom. The first-order valence-corrected chi connectivity index (χ1v) is 11.8. The van der Waals surface area contributed by atoms with E-state index in [0.717, 1.165) is 0 Å². The van der Waals surface area contributed by atoms with Crippen LogP contribution in [0, 0.1) is 10.1 Å². The summed E-state index contributed by atoms with van der Waals surface area (Å²) in [5, 5.41) is 22.0. The molecule has 0 aliphatic carbocycles. The summed E-state index contributed by atoms with van der Waals surface area (Å²) in [7, 11) is 0. The normalized spacial score (nSPS) is 16.9. The summed E-state index contributed by atoms with van der Waals surface area (Å²) in [4.78, 5) is 55.5. The largest absolute Gasteiger partial charge is 0.507 e. The van der Waals surface area contributed by atoms with Crippen molar-refractivity contribution in [2.24, 2.45) is 0 Å². The lowest BCUT2D eigenvalue weighted by Gasteiger charge is -2.35. The molecule has 0 bridgehead atoms. The topological polar surface area (TPSA) is 151 Å². The Morgan fingerprint density at radius 2 is 1.97 bits per heavy atom. The van der Waals surface area contributed by atoms with Crippen LogP contribution in [0.2, 0.25) is 0 Å². The van der Waals surface area contributed by atoms with Crippen LogP contribution in [-0.2, 0) is 33.0 Å². The maximum Gasteiger partial charge on any atom is 0.355 e. The number of non-ortho nitro benzene ring substituents is 1. The van der Waals surface area contributed by atoms with Crippen molar-refractivity contribution in [2.45, 2.75) is 39.5 Å². The molecule has 39 heavy (non-hydrogen) atoms. The molecule has 0 saturated carbocycles. The fourth-order valence-corrected chi connectivity index (χ4v) is 5.16. The minimum absolute atomic E-state index is 0. The highest BCUT2D eigenvalue weighted by molar-refractivity contribution is 5.96. The van der Waals surface area contributed by atoms with Gasteiger partial charge in [-0.2, -0.15) is 0 Å². The summed E-state index contributed by atoms with van der Waals surface area (Å²) >= 11 is 0. The number of fused-ring (bicyclic) bond motifs is 5. The van der Waals surface area contributed by atoms with Crippen LogP contribution in [-0.4, -0.2) is 31.5 Å². The molecular formula is C28H23N3O8. The van der Waals surface area contributed by atoms with Crippen LogP contribution in [0.1, 0.15) is 47.8 Å². The number of hydrogen-bond donors (Lipinski definition) is 1. The van der Waals surface area contributed by atoms with Crippen LogP contribution < -0.4 is 5.56 Å². The second-order valence-electron chi connectivity index (χ2n) is 9.07. The molecule has 0 amide bonds. The molecule has 4 aromatic rings. The van der Waals surface area contributed by atoms with Crippen molar-refractivity contribution >= 4 is 28.5 Å². The van der Waals surface area contributed by atoms with Gasteiger partial charge in [0.1, 0.15) is 17.9 Å². The van der Waals surface area contributed by atoms with Gasteiger partial charge in [-0.1, -0.05) is 32.5 Å². The van der Waals surface area contributed by atoms with Crippen molar-refractivity contribution in [1.82, 2.24) is 9.55 Å². The molecule has 1 atom stereocenters. The molecule has 0 fully saturated rings. The number of para-hydroxylation sites is 1. The molecule has 2 aliphatic heterocycles. The lowest BCUT2D eigenvalue weighted by atomic mass is 9.85. The summed E-state index contributed by atoms with van der Waals surface area (Å²) < 4.78 is 12.5. The van der Waals surface area contributed by atoms with Crippen molar-refractivity contribution in [2.75, 3.05) is 0 Å². The Bertz CT molecular complexity index is 1780. The summed E-state index contributed by atoms with van der Waals surface area (Å²) in [5.74, 6) is -2.10. The number of rotatable bonds is 4. The number of phenolic OH excluding ortho intramolecular Hbond substituents is 1. The second-order valence-corrected chi connectivity index (χ2v) is 9.07. The van der Waals surface area contributed by atoms with E-state index in [9.17, 15) is 29.6 Å². The standard InChI is InChI=1S/C27H19N3O8.CH4/c1-2-27(38-25(33)15-6-3-4-9-22(15)31)18-11-21-23-14(12-29(21)24(32)17(18)13-37-26(27)34)10-16-19(28-23)7-5-8-20(16)30(35)36;/h3-11,31H,2,12-13H2,1H3;1H4/t27-;/m0./s1. The molecule has 11 nitrogen and oxygen atoms in total. The Kier molecular flexibility index (Phi) is 5.94. The Balaban J connectivity index is 0.00000308. The zero-order chi connectivity index (χ0) is 26.8. The van der Waals surface area contributed by atoms with E-state index in [1.807, 2.05) is 0 Å². The number of hydrogen-bond acceptors (Lipinski definition) is 9. The molecule has 6 rings (SSSR count). The van der Waals surface area contributed by atoms with E-state index >= 15 is 0 Å². The van der Waals surface area contributed by atoms with Crippen molar-refractivity contribution in [3.8, 4) is 17.1 Å². The van der Waals surface area contributed by atoms with Crippen molar-refractivity contribution in [3.05, 3.63) is 97.3 Å². The van der Waals surface area contributed by atoms with E-state index in [2.05, 4.69) is 4.98 Å². The van der Waals surface area contributed by atoms with Gasteiger partial charge in [-0.25, -0.2) is 14.6 Å². The molecule has 2 aliphatic rings. The Labute approximate surface area is 221 Å². The number of esters is 2. The molecule has 4 heterocycles. The number of ether oxygens (including phenoxy) is 2. The van der Waals surface area contributed by atoms with E-state index in [-0.39, 0.29) is 55.1 Å². The molecule has 0 radical (unpaired) electrons. The maximum absolute atomic E-state index is 13.6. The second kappa shape index (κ2) is 9.05. The van der Waals surface area contributed by atoms with E-state index in [1.165, 1.54) is 28.8 Å². The minimum atomic E-state index is -1.93. The molecule has 0 spiro atoms. The molecule has 1 N–H and O–H groups in total. The molecule has 11 heteroatoms. The third-order valence-corrected chi connectivity index (χ3v) is 7.08. The van der Waals surface area contributed by atoms with Crippen LogP contribution >= 0.6 is 0 Å². The number of phenols is 1. The zero-order valence-corrected chi connectivity index (χ0v) is 20.0. The SMILES string of the molecule is C.CC[C@@]1(OC(=O)c2ccccc2O)C(=O)OCc2c1cc1n(c2=O)Cc2cc3c([N+](=O)[O-])cccc3nc2-1. The first kappa shape index (κ1) is 25.6. The minimum Gasteiger partial charge on any atom is -0.507 e. The number of aromatic hydroxyl groups is 1. The molecule has 2 aromatic heterocycles. The number of carbonyl (C=O) groups excluding carboxylic acids is 2. The molecule has 0 unspecified atom stereocenters. The molecule has 2 aromatic carbocycles. The third-order valence-electron chi connectivity index (χ3n) is 7.08. The van der Waals surface area contributed by atoms with Gasteiger partial charge >= 0.3 is 11.9 Å². The maximum atomic E-state index is 13.6. The van der Waals surface area contributed by atoms with E-state index in [1.54, 1.807) is 37.3 Å². The Hall–Kier alpha value is -5.06. The van der Waals surface area contributed by atoms with Gasteiger partial charge in [-0.15, -0.1) is 0 Å². The molecule has 198 valence electrons. The first-order chi connectivity index (χ1) is 18.2. The number of carbonyl (C=O) groups is 2. The number of cyclic esters (lactones) is 1. The highest BCUT2D eigenvalue weighted by Gasteiger charge is 2.50. The van der Waals surface area contributed by atoms with Gasteiger partial charge in [0.2, 0.25) is 5.60 Å². The lowest BCUT2D eigenvalue weighted by molar-refractivity contribution is -0.383. The van der Waals surface area contributed by atoms with Crippen LogP contribution in [0.15, 0.2) is 59.4 Å². The van der Waals surface area contributed by atoms with E-state index < -0.39 is 28.0 Å². The number of pyridine rings is 2. The Morgan fingerprint density at radius 3 is 2.69 bits per heavy atom. The number of aromatic nitrogens is 2. The highest BCUT2D eigenvalue weighted by Crippen LogP contribution is 2.42. The van der Waals surface area contributed by atoms with E-state index in [0.29, 0.717) is 27.9 Å². The summed E-state index contributed by atoms with van der Waals surface area (Å²) in [5.41, 5.74) is -0.460. The van der Waals surface area contributed by atoms with Crippen LogP contribution in [0.4, 0.5) is 5.69 Å². The van der Waals surface area contributed by atoms with Crippen molar-refractivity contribution in [3.63, 3.8) is 0 Å². The summed E-state index contributed by atoms with van der Waals surface area (Å²) in [6.45, 7) is 1.44. The van der Waals surface area contributed by atoms with Crippen molar-refractivity contribution in [1.29, 1.82) is 0 Å². The lowest BCUT2D eigenvalue weighted by Crippen LogP contribution is -2.47. The monoisotopic (exact) mass is 529 g/mol. The van der Waals surface area contributed by atoms with Gasteiger partial charge in [0.25, 0.3) is 11.2 Å². The fourth-order valence-electron chi connectivity index (χ4n) is 5.16. The van der Waals surface area contributed by atoms with Gasteiger partial charge in [0.05, 0.1) is 39.3 Å². The molecular weight excluding hydrogens is 506 g/mol. The van der Waals surface area contributed by atoms with Gasteiger partial charge in [0, 0.05) is 17.2 Å². The predicted molar refractivity (Wildman–Crippen MR) is 139 cm³/mol. The third kappa shape index (κ3) is 3.65. The highest BCUT2D eigenvalue weighted by atomic mass is 16.6. The predicted octanol–water partition coefficient (Wildman–Crippen LogP) is 4.19. The number of benzene rings is 2. The smallest absolute Gasteiger partial charge is 0.355 e. The number of nitro groups is 1. The van der Waals surface area contributed by atoms with Gasteiger partial charge in [0.15, 0.2) is 0 Å². The molecule has 0 saturated heterocycles. The fraction of sp³-hybridized carbons (Fsp3) is 0.214. The average molecular weight is 530 g/mol. The van der Waals surface area contributed by atoms with E-state index in [4.69, 9.17) is 9.47 Å². The number of nitrogens with zero attached hydrogens (tertiary/aromatic N) is 3. The van der Waals surface area contributed by atoms with Crippen molar-refractivity contribution < 1.29 is 29.1 Å². The summed E-state index contributed by atoms with van der Waals surface area (Å²) in [6, 6.07) is 13.6. The van der Waals surface area contributed by atoms with Gasteiger partial charge in [-0.05, 0) is 36.8 Å². The average Bonchev–Trinajstić information content (AvgIpc) is 3.26. The van der Waals surface area contributed by atoms with Gasteiger partial charge in [-0.3, -0.25) is 14.9 Å². The quantitative estimate of drug-likeness (QED) is 0.205. The van der Waals surface area contributed by atoms with Crippen LogP contribution in [0.25, 0.3) is 22.3 Å². The first-order valence-electron chi connectivity index (χ1n) is 11.8. The van der Waals surface area contributed by atoms with Crippen LogP contribution in [0.3, 0.4) is 0 Å². The van der Waals surface area contributed by atoms with Gasteiger partial charge < -0.3 is 19.1 Å².